The van der Waals surface area contributed by atoms with E-state index in [1.54, 1.807) is 18.2 Å². The molecule has 3 aromatic carbocycles. The van der Waals surface area contributed by atoms with Gasteiger partial charge in [0.25, 0.3) is 0 Å². The van der Waals surface area contributed by atoms with Crippen LogP contribution in [0.1, 0.15) is 5.56 Å². The Kier molecular flexibility index (Phi) is 6.07. The zero-order valence-corrected chi connectivity index (χ0v) is 17.7. The number of sulfonamides is 1. The third kappa shape index (κ3) is 5.23. The predicted molar refractivity (Wildman–Crippen MR) is 111 cm³/mol. The molecule has 0 spiro atoms. The monoisotopic (exact) mass is 431 g/mol. The Morgan fingerprint density at radius 2 is 1.34 bits per heavy atom. The Hall–Kier alpha value is -2.68. The summed E-state index contributed by atoms with van der Waals surface area (Å²) in [6.07, 6.45) is 1.08. The topological polar surface area (TPSA) is 80.8 Å². The average molecular weight is 432 g/mol. The van der Waals surface area contributed by atoms with Crippen molar-refractivity contribution in [2.24, 2.45) is 0 Å². The molecule has 3 rings (SSSR count). The Morgan fingerprint density at radius 1 is 0.759 bits per heavy atom. The minimum atomic E-state index is -3.77. The van der Waals surface area contributed by atoms with E-state index < -0.39 is 19.9 Å². The van der Waals surface area contributed by atoms with Gasteiger partial charge in [0, 0.05) is 19.8 Å². The molecule has 0 heterocycles. The van der Waals surface area contributed by atoms with Crippen molar-refractivity contribution in [1.82, 2.24) is 4.31 Å². The summed E-state index contributed by atoms with van der Waals surface area (Å²) in [6, 6.07) is 21.7. The smallest absolute Gasteiger partial charge is 0.243 e. The summed E-state index contributed by atoms with van der Waals surface area (Å²) in [7, 11) is -5.68. The average Bonchev–Trinajstić information content (AvgIpc) is 2.68. The van der Waals surface area contributed by atoms with Gasteiger partial charge in [0.2, 0.25) is 10.0 Å². The van der Waals surface area contributed by atoms with Crippen LogP contribution in [0.4, 0.5) is 0 Å². The molecule has 0 aliphatic carbocycles. The predicted octanol–water partition coefficient (Wildman–Crippen LogP) is 3.70. The van der Waals surface area contributed by atoms with Gasteiger partial charge in [0.1, 0.15) is 11.5 Å². The van der Waals surface area contributed by atoms with Crippen molar-refractivity contribution in [1.29, 1.82) is 0 Å². The lowest BCUT2D eigenvalue weighted by Gasteiger charge is -2.18. The maximum atomic E-state index is 12.8. The summed E-state index contributed by atoms with van der Waals surface area (Å²) in [6.45, 7) is 0.141. The van der Waals surface area contributed by atoms with Gasteiger partial charge in [0.05, 0.1) is 9.79 Å². The molecule has 6 nitrogen and oxygen atoms in total. The lowest BCUT2D eigenvalue weighted by Crippen LogP contribution is -2.26. The van der Waals surface area contributed by atoms with E-state index in [1.165, 1.54) is 35.6 Å². The van der Waals surface area contributed by atoms with Crippen LogP contribution in [0.25, 0.3) is 0 Å². The molecule has 152 valence electrons. The van der Waals surface area contributed by atoms with Gasteiger partial charge in [0.15, 0.2) is 9.84 Å². The van der Waals surface area contributed by atoms with Crippen LogP contribution in [0.15, 0.2) is 88.7 Å². The SMILES string of the molecule is CN(Cc1cccc(Oc2ccccc2)c1)S(=O)(=O)c1ccc(S(C)(=O)=O)cc1. The highest BCUT2D eigenvalue weighted by molar-refractivity contribution is 7.90. The molecule has 0 atom stereocenters. The van der Waals surface area contributed by atoms with Crippen LogP contribution in [0.3, 0.4) is 0 Å². The van der Waals surface area contributed by atoms with E-state index in [4.69, 9.17) is 4.74 Å². The molecule has 0 aromatic heterocycles. The molecule has 0 aliphatic rings. The summed E-state index contributed by atoms with van der Waals surface area (Å²) in [5.41, 5.74) is 0.761. The number of hydrogen-bond donors (Lipinski definition) is 0. The largest absolute Gasteiger partial charge is 0.457 e. The Morgan fingerprint density at radius 3 is 1.97 bits per heavy atom. The van der Waals surface area contributed by atoms with E-state index in [2.05, 4.69) is 0 Å². The van der Waals surface area contributed by atoms with Gasteiger partial charge in [-0.3, -0.25) is 0 Å². The number of sulfone groups is 1. The second kappa shape index (κ2) is 8.36. The standard InChI is InChI=1S/C21H21NO5S2/c1-22(29(25,26)21-13-11-20(12-14-21)28(2,23)24)16-17-7-6-10-19(15-17)27-18-8-4-3-5-9-18/h3-15H,16H2,1-2H3. The van der Waals surface area contributed by atoms with E-state index >= 15 is 0 Å². The van der Waals surface area contributed by atoms with Gasteiger partial charge in [-0.2, -0.15) is 4.31 Å². The molecule has 3 aromatic rings. The van der Waals surface area contributed by atoms with E-state index in [9.17, 15) is 16.8 Å². The highest BCUT2D eigenvalue weighted by Crippen LogP contribution is 2.24. The second-order valence-electron chi connectivity index (χ2n) is 6.57. The van der Waals surface area contributed by atoms with Gasteiger partial charge < -0.3 is 4.74 Å². The summed E-state index contributed by atoms with van der Waals surface area (Å²) in [5.74, 6) is 1.30. The van der Waals surface area contributed by atoms with Gasteiger partial charge in [-0.1, -0.05) is 30.3 Å². The molecule has 8 heteroatoms. The highest BCUT2D eigenvalue weighted by Gasteiger charge is 2.21. The molecule has 0 saturated carbocycles. The number of rotatable bonds is 7. The third-order valence-electron chi connectivity index (χ3n) is 4.24. The fourth-order valence-corrected chi connectivity index (χ4v) is 4.50. The lowest BCUT2D eigenvalue weighted by atomic mass is 10.2. The molecule has 0 amide bonds. The van der Waals surface area contributed by atoms with Gasteiger partial charge >= 0.3 is 0 Å². The van der Waals surface area contributed by atoms with Crippen molar-refractivity contribution in [3.05, 3.63) is 84.4 Å². The van der Waals surface area contributed by atoms with Crippen molar-refractivity contribution in [2.45, 2.75) is 16.3 Å². The van der Waals surface area contributed by atoms with Crippen molar-refractivity contribution in [3.8, 4) is 11.5 Å². The molecular formula is C21H21NO5S2. The van der Waals surface area contributed by atoms with Crippen LogP contribution in [0, 0.1) is 0 Å². The minimum Gasteiger partial charge on any atom is -0.457 e. The molecule has 29 heavy (non-hydrogen) atoms. The molecule has 0 saturated heterocycles. The molecule has 0 unspecified atom stereocenters. The van der Waals surface area contributed by atoms with Crippen LogP contribution < -0.4 is 4.74 Å². The van der Waals surface area contributed by atoms with Crippen molar-refractivity contribution >= 4 is 19.9 Å². The fourth-order valence-electron chi connectivity index (χ4n) is 2.71. The van der Waals surface area contributed by atoms with E-state index in [1.807, 2.05) is 36.4 Å². The number of ether oxygens (including phenoxy) is 1. The van der Waals surface area contributed by atoms with Crippen molar-refractivity contribution < 1.29 is 21.6 Å². The van der Waals surface area contributed by atoms with Crippen molar-refractivity contribution in [3.63, 3.8) is 0 Å². The molecular weight excluding hydrogens is 410 g/mol. The van der Waals surface area contributed by atoms with E-state index in [0.717, 1.165) is 11.8 Å². The van der Waals surface area contributed by atoms with Crippen LogP contribution in [-0.4, -0.2) is 34.4 Å². The molecule has 0 N–H and O–H groups in total. The second-order valence-corrected chi connectivity index (χ2v) is 10.6. The van der Waals surface area contributed by atoms with Gasteiger partial charge in [-0.15, -0.1) is 0 Å². The van der Waals surface area contributed by atoms with E-state index in [-0.39, 0.29) is 16.3 Å². The highest BCUT2D eigenvalue weighted by atomic mass is 32.2. The van der Waals surface area contributed by atoms with Crippen LogP contribution in [0.5, 0.6) is 11.5 Å². The zero-order valence-electron chi connectivity index (χ0n) is 16.0. The van der Waals surface area contributed by atoms with Crippen LogP contribution in [0.2, 0.25) is 0 Å². The first-order chi connectivity index (χ1) is 13.7. The summed E-state index contributed by atoms with van der Waals surface area (Å²) in [4.78, 5) is 0.106. The maximum absolute atomic E-state index is 12.8. The van der Waals surface area contributed by atoms with E-state index in [0.29, 0.717) is 11.5 Å². The normalized spacial score (nSPS) is 12.1. The van der Waals surface area contributed by atoms with Gasteiger partial charge in [-0.05, 0) is 54.1 Å². The Bertz CT molecular complexity index is 1190. The number of benzene rings is 3. The minimum absolute atomic E-state index is 0.0316. The Labute approximate surface area is 171 Å². The van der Waals surface area contributed by atoms with Gasteiger partial charge in [-0.25, -0.2) is 16.8 Å². The van der Waals surface area contributed by atoms with Crippen molar-refractivity contribution in [2.75, 3.05) is 13.3 Å². The molecule has 0 radical (unpaired) electrons. The lowest BCUT2D eigenvalue weighted by molar-refractivity contribution is 0.461. The maximum Gasteiger partial charge on any atom is 0.243 e. The molecule has 0 bridgehead atoms. The molecule has 0 fully saturated rings. The number of para-hydroxylation sites is 1. The first-order valence-electron chi connectivity index (χ1n) is 8.74. The quantitative estimate of drug-likeness (QED) is 0.570. The summed E-state index contributed by atoms with van der Waals surface area (Å²) >= 11 is 0. The number of hydrogen-bond acceptors (Lipinski definition) is 5. The van der Waals surface area contributed by atoms with Crippen LogP contribution >= 0.6 is 0 Å². The summed E-state index contributed by atoms with van der Waals surface area (Å²) < 4.78 is 55.8. The third-order valence-corrected chi connectivity index (χ3v) is 7.19. The Balaban J connectivity index is 1.77. The van der Waals surface area contributed by atoms with Crippen LogP contribution in [-0.2, 0) is 26.4 Å². The number of nitrogens with zero attached hydrogens (tertiary/aromatic N) is 1. The molecule has 0 aliphatic heterocycles. The first kappa shape index (κ1) is 21.0. The first-order valence-corrected chi connectivity index (χ1v) is 12.1. The zero-order chi connectivity index (χ0) is 21.1. The fraction of sp³-hybridized carbons (Fsp3) is 0.143. The summed E-state index contributed by atoms with van der Waals surface area (Å²) in [5, 5.41) is 0.